The fourth-order valence-electron chi connectivity index (χ4n) is 1.42. The monoisotopic (exact) mass is 268 g/mol. The highest BCUT2D eigenvalue weighted by Gasteiger charge is 2.17. The highest BCUT2D eigenvalue weighted by molar-refractivity contribution is 6.33. The minimum Gasteiger partial charge on any atom is -0.461 e. The first kappa shape index (κ1) is 12.6. The van der Waals surface area contributed by atoms with Crippen molar-refractivity contribution in [3.05, 3.63) is 47.0 Å². The van der Waals surface area contributed by atoms with Crippen molar-refractivity contribution in [3.8, 4) is 5.69 Å². The Kier molecular flexibility index (Phi) is 3.62. The zero-order valence-corrected chi connectivity index (χ0v) is 10.3. The summed E-state index contributed by atoms with van der Waals surface area (Å²) in [5.74, 6) is -0.925. The van der Waals surface area contributed by atoms with Gasteiger partial charge in [-0.3, -0.25) is 0 Å². The Labute approximate surface area is 108 Å². The number of carbonyl (C=O) groups is 1. The number of carbonyl (C=O) groups excluding carboxylic acids is 1. The number of ether oxygens (including phenoxy) is 1. The van der Waals surface area contributed by atoms with Crippen LogP contribution in [0.4, 0.5) is 4.39 Å². The van der Waals surface area contributed by atoms with Crippen molar-refractivity contribution in [1.29, 1.82) is 0 Å². The summed E-state index contributed by atoms with van der Waals surface area (Å²) in [7, 11) is 0. The maximum atomic E-state index is 12.8. The molecule has 1 heterocycles. The van der Waals surface area contributed by atoms with Crippen LogP contribution in [0.5, 0.6) is 0 Å². The Morgan fingerprint density at radius 3 is 2.72 bits per heavy atom. The lowest BCUT2D eigenvalue weighted by molar-refractivity contribution is 0.0519. The molecule has 0 saturated carbocycles. The first-order chi connectivity index (χ1) is 8.61. The van der Waals surface area contributed by atoms with Crippen LogP contribution in [0.15, 0.2) is 30.5 Å². The Bertz CT molecular complexity index is 566. The van der Waals surface area contributed by atoms with Gasteiger partial charge >= 0.3 is 5.97 Å². The SMILES string of the molecule is CCOC(=O)c1nn(-c2ccc(F)cc2)cc1Cl. The van der Waals surface area contributed by atoms with Gasteiger partial charge in [-0.15, -0.1) is 0 Å². The molecule has 2 rings (SSSR count). The molecule has 0 N–H and O–H groups in total. The fraction of sp³-hybridized carbons (Fsp3) is 0.167. The summed E-state index contributed by atoms with van der Waals surface area (Å²) in [6, 6.07) is 5.67. The molecular formula is C12H10ClFN2O2. The maximum absolute atomic E-state index is 12.8. The Hall–Kier alpha value is -1.88. The van der Waals surface area contributed by atoms with Crippen LogP contribution < -0.4 is 0 Å². The fourth-order valence-corrected chi connectivity index (χ4v) is 1.62. The first-order valence-corrected chi connectivity index (χ1v) is 5.68. The number of rotatable bonds is 3. The van der Waals surface area contributed by atoms with E-state index in [4.69, 9.17) is 16.3 Å². The quantitative estimate of drug-likeness (QED) is 0.804. The molecule has 0 bridgehead atoms. The zero-order chi connectivity index (χ0) is 13.1. The van der Waals surface area contributed by atoms with Crippen molar-refractivity contribution >= 4 is 17.6 Å². The molecule has 18 heavy (non-hydrogen) atoms. The van der Waals surface area contributed by atoms with E-state index in [1.165, 1.54) is 35.1 Å². The molecular weight excluding hydrogens is 259 g/mol. The average molecular weight is 269 g/mol. The van der Waals surface area contributed by atoms with Gasteiger partial charge in [0.15, 0.2) is 5.69 Å². The molecule has 0 amide bonds. The highest BCUT2D eigenvalue weighted by Crippen LogP contribution is 2.18. The molecule has 0 spiro atoms. The van der Waals surface area contributed by atoms with E-state index in [0.29, 0.717) is 5.69 Å². The van der Waals surface area contributed by atoms with E-state index in [9.17, 15) is 9.18 Å². The van der Waals surface area contributed by atoms with Gasteiger partial charge in [0.1, 0.15) is 5.82 Å². The number of nitrogens with zero attached hydrogens (tertiary/aromatic N) is 2. The topological polar surface area (TPSA) is 44.1 Å². The predicted octanol–water partition coefficient (Wildman–Crippen LogP) is 2.84. The van der Waals surface area contributed by atoms with Crippen LogP contribution in [-0.4, -0.2) is 22.4 Å². The third kappa shape index (κ3) is 2.51. The van der Waals surface area contributed by atoms with Crippen LogP contribution in [0.3, 0.4) is 0 Å². The van der Waals surface area contributed by atoms with E-state index >= 15 is 0 Å². The standard InChI is InChI=1S/C12H10ClFN2O2/c1-2-18-12(17)11-10(13)7-16(15-11)9-5-3-8(14)4-6-9/h3-7H,2H2,1H3. The molecule has 0 aliphatic carbocycles. The molecule has 0 aliphatic heterocycles. The number of esters is 1. The van der Waals surface area contributed by atoms with Crippen molar-refractivity contribution in [2.24, 2.45) is 0 Å². The van der Waals surface area contributed by atoms with E-state index in [-0.39, 0.29) is 23.1 Å². The smallest absolute Gasteiger partial charge is 0.360 e. The van der Waals surface area contributed by atoms with Crippen LogP contribution in [0.2, 0.25) is 5.02 Å². The van der Waals surface area contributed by atoms with Gasteiger partial charge in [-0.05, 0) is 31.2 Å². The van der Waals surface area contributed by atoms with Crippen LogP contribution >= 0.6 is 11.6 Å². The number of aromatic nitrogens is 2. The molecule has 0 aliphatic rings. The molecule has 1 aromatic carbocycles. The molecule has 2 aromatic rings. The Balaban J connectivity index is 2.34. The van der Waals surface area contributed by atoms with E-state index in [2.05, 4.69) is 5.10 Å². The largest absolute Gasteiger partial charge is 0.461 e. The predicted molar refractivity (Wildman–Crippen MR) is 64.5 cm³/mol. The Morgan fingerprint density at radius 1 is 1.44 bits per heavy atom. The summed E-state index contributed by atoms with van der Waals surface area (Å²) in [6.07, 6.45) is 1.47. The van der Waals surface area contributed by atoms with E-state index in [1.807, 2.05) is 0 Å². The van der Waals surface area contributed by atoms with Gasteiger partial charge in [-0.2, -0.15) is 5.10 Å². The van der Waals surface area contributed by atoms with Gasteiger partial charge in [-0.1, -0.05) is 11.6 Å². The molecule has 4 nitrogen and oxygen atoms in total. The molecule has 0 fully saturated rings. The third-order valence-corrected chi connectivity index (χ3v) is 2.51. The molecule has 1 aromatic heterocycles. The van der Waals surface area contributed by atoms with E-state index < -0.39 is 5.97 Å². The van der Waals surface area contributed by atoms with Gasteiger partial charge in [0, 0.05) is 0 Å². The lowest BCUT2D eigenvalue weighted by Gasteiger charge is -2.00. The average Bonchev–Trinajstić information content (AvgIpc) is 2.72. The minimum atomic E-state index is -0.580. The lowest BCUT2D eigenvalue weighted by atomic mass is 10.3. The van der Waals surface area contributed by atoms with E-state index in [0.717, 1.165) is 0 Å². The number of benzene rings is 1. The number of hydrogen-bond acceptors (Lipinski definition) is 3. The number of hydrogen-bond donors (Lipinski definition) is 0. The van der Waals surface area contributed by atoms with Crippen LogP contribution in [-0.2, 0) is 4.74 Å². The van der Waals surface area contributed by atoms with Crippen LogP contribution in [0, 0.1) is 5.82 Å². The Morgan fingerprint density at radius 2 is 2.11 bits per heavy atom. The van der Waals surface area contributed by atoms with Gasteiger partial charge < -0.3 is 4.74 Å². The first-order valence-electron chi connectivity index (χ1n) is 5.30. The summed E-state index contributed by atoms with van der Waals surface area (Å²) in [5, 5.41) is 4.21. The van der Waals surface area contributed by atoms with E-state index in [1.54, 1.807) is 6.92 Å². The second-order valence-corrected chi connectivity index (χ2v) is 3.87. The van der Waals surface area contributed by atoms with Crippen molar-refractivity contribution in [1.82, 2.24) is 9.78 Å². The van der Waals surface area contributed by atoms with Gasteiger partial charge in [-0.25, -0.2) is 13.9 Å². The van der Waals surface area contributed by atoms with Crippen LogP contribution in [0.1, 0.15) is 17.4 Å². The maximum Gasteiger partial charge on any atom is 0.360 e. The molecule has 0 radical (unpaired) electrons. The van der Waals surface area contributed by atoms with Crippen molar-refractivity contribution in [2.45, 2.75) is 6.92 Å². The summed E-state index contributed by atoms with van der Waals surface area (Å²) >= 11 is 5.90. The molecule has 6 heteroatoms. The van der Waals surface area contributed by atoms with Crippen LogP contribution in [0.25, 0.3) is 5.69 Å². The highest BCUT2D eigenvalue weighted by atomic mass is 35.5. The lowest BCUT2D eigenvalue weighted by Crippen LogP contribution is -2.07. The van der Waals surface area contributed by atoms with Crippen molar-refractivity contribution in [2.75, 3.05) is 6.61 Å². The summed E-state index contributed by atoms with van der Waals surface area (Å²) in [5.41, 5.74) is 0.650. The summed E-state index contributed by atoms with van der Waals surface area (Å²) in [4.78, 5) is 11.5. The number of halogens is 2. The second kappa shape index (κ2) is 5.18. The zero-order valence-electron chi connectivity index (χ0n) is 9.56. The molecule has 0 atom stereocenters. The van der Waals surface area contributed by atoms with Crippen molar-refractivity contribution in [3.63, 3.8) is 0 Å². The summed E-state index contributed by atoms with van der Waals surface area (Å²) in [6.45, 7) is 1.95. The summed E-state index contributed by atoms with van der Waals surface area (Å²) < 4.78 is 19.0. The van der Waals surface area contributed by atoms with Gasteiger partial charge in [0.05, 0.1) is 23.5 Å². The second-order valence-electron chi connectivity index (χ2n) is 3.47. The van der Waals surface area contributed by atoms with Gasteiger partial charge in [0.25, 0.3) is 0 Å². The molecule has 0 saturated heterocycles. The van der Waals surface area contributed by atoms with Crippen molar-refractivity contribution < 1.29 is 13.9 Å². The minimum absolute atomic E-state index is 0.0443. The van der Waals surface area contributed by atoms with Gasteiger partial charge in [0.2, 0.25) is 0 Å². The normalized spacial score (nSPS) is 10.4. The third-order valence-electron chi connectivity index (χ3n) is 2.23. The molecule has 0 unspecified atom stereocenters. The molecule has 94 valence electrons.